The molecule has 4 nitrogen and oxygen atoms in total. The molecule has 0 heterocycles. The van der Waals surface area contributed by atoms with Crippen LogP contribution in [0.1, 0.15) is 42.3 Å². The third-order valence-corrected chi connectivity index (χ3v) is 2.98. The molecule has 0 unspecified atom stereocenters. The number of carboxylic acids is 1. The lowest BCUT2D eigenvalue weighted by Gasteiger charge is -2.20. The Kier molecular flexibility index (Phi) is 5.47. The summed E-state index contributed by atoms with van der Waals surface area (Å²) in [5.41, 5.74) is 2.15. The van der Waals surface area contributed by atoms with E-state index in [2.05, 4.69) is 27.4 Å². The van der Waals surface area contributed by atoms with Crippen LogP contribution < -0.4 is 0 Å². The van der Waals surface area contributed by atoms with Gasteiger partial charge in [-0.15, -0.1) is 0 Å². The van der Waals surface area contributed by atoms with Gasteiger partial charge in [0.05, 0.1) is 11.8 Å². The van der Waals surface area contributed by atoms with Crippen LogP contribution in [0.2, 0.25) is 0 Å². The molecule has 0 aliphatic rings. The first-order valence-electron chi connectivity index (χ1n) is 6.60. The number of esters is 1. The lowest BCUT2D eigenvalue weighted by Crippen LogP contribution is -2.13. The largest absolute Gasteiger partial charge is 0.478 e. The Morgan fingerprint density at radius 1 is 1.33 bits per heavy atom. The average Bonchev–Trinajstić information content (AvgIpc) is 2.37. The molecule has 21 heavy (non-hydrogen) atoms. The molecule has 0 fully saturated rings. The lowest BCUT2D eigenvalue weighted by molar-refractivity contribution is -0.131. The number of allylic oxidation sites excluding steroid dienone is 1. The van der Waals surface area contributed by atoms with E-state index in [1.54, 1.807) is 6.07 Å². The molecule has 0 bridgehead atoms. The molecule has 0 radical (unpaired) electrons. The number of ether oxygens (including phenoxy) is 1. The van der Waals surface area contributed by atoms with E-state index >= 15 is 0 Å². The first-order chi connectivity index (χ1) is 9.75. The fourth-order valence-electron chi connectivity index (χ4n) is 1.85. The van der Waals surface area contributed by atoms with Gasteiger partial charge in [0.2, 0.25) is 0 Å². The summed E-state index contributed by atoms with van der Waals surface area (Å²) < 4.78 is 4.81. The van der Waals surface area contributed by atoms with E-state index in [0.29, 0.717) is 12.0 Å². The second kappa shape index (κ2) is 6.88. The first-order valence-corrected chi connectivity index (χ1v) is 6.60. The highest BCUT2D eigenvalue weighted by atomic mass is 16.5. The zero-order valence-electron chi connectivity index (χ0n) is 12.6. The molecule has 0 spiro atoms. The Bertz CT molecular complexity index is 577. The molecular formula is C17H20O4. The first kappa shape index (κ1) is 16.7. The summed E-state index contributed by atoms with van der Waals surface area (Å²) >= 11 is 0. The summed E-state index contributed by atoms with van der Waals surface area (Å²) in [4.78, 5) is 22.4. The number of carbonyl (C=O) groups is 2. The van der Waals surface area contributed by atoms with Crippen molar-refractivity contribution in [1.29, 1.82) is 0 Å². The molecule has 1 N–H and O–H groups in total. The molecular weight excluding hydrogens is 268 g/mol. The van der Waals surface area contributed by atoms with Crippen LogP contribution in [-0.2, 0) is 21.4 Å². The van der Waals surface area contributed by atoms with E-state index in [0.717, 1.165) is 23.5 Å². The normalized spacial score (nSPS) is 11.4. The Hall–Kier alpha value is -2.36. The van der Waals surface area contributed by atoms with Crippen molar-refractivity contribution in [2.24, 2.45) is 0 Å². The smallest absolute Gasteiger partial charge is 0.343 e. The van der Waals surface area contributed by atoms with Crippen LogP contribution in [0.25, 0.3) is 0 Å². The third-order valence-electron chi connectivity index (χ3n) is 2.98. The molecule has 0 atom stereocenters. The number of hydrogen-bond donors (Lipinski definition) is 1. The number of benzene rings is 1. The van der Waals surface area contributed by atoms with E-state index in [-0.39, 0.29) is 5.41 Å². The summed E-state index contributed by atoms with van der Waals surface area (Å²) in [6.07, 6.45) is 4.00. The summed E-state index contributed by atoms with van der Waals surface area (Å²) in [5.74, 6) is -1.51. The highest BCUT2D eigenvalue weighted by molar-refractivity contribution is 5.91. The van der Waals surface area contributed by atoms with Crippen LogP contribution in [0, 0.1) is 0 Å². The SMILES string of the molecule is C=COC(=O)c1ccc(C(C)(C)C)cc1C/C=C/C(=O)O. The van der Waals surface area contributed by atoms with Crippen molar-refractivity contribution in [1.82, 2.24) is 0 Å². The van der Waals surface area contributed by atoms with Crippen LogP contribution in [0.4, 0.5) is 0 Å². The molecule has 0 saturated carbocycles. The van der Waals surface area contributed by atoms with E-state index in [1.165, 1.54) is 6.08 Å². The average molecular weight is 288 g/mol. The Labute approximate surface area is 124 Å². The minimum absolute atomic E-state index is 0.0634. The van der Waals surface area contributed by atoms with Gasteiger partial charge in [-0.05, 0) is 29.0 Å². The van der Waals surface area contributed by atoms with Gasteiger partial charge in [0.15, 0.2) is 0 Å². The maximum Gasteiger partial charge on any atom is 0.343 e. The molecule has 0 aliphatic heterocycles. The quantitative estimate of drug-likeness (QED) is 0.512. The minimum Gasteiger partial charge on any atom is -0.478 e. The van der Waals surface area contributed by atoms with Crippen molar-refractivity contribution in [3.05, 3.63) is 59.9 Å². The van der Waals surface area contributed by atoms with Gasteiger partial charge < -0.3 is 9.84 Å². The molecule has 1 aromatic carbocycles. The van der Waals surface area contributed by atoms with Gasteiger partial charge in [-0.1, -0.05) is 45.6 Å². The lowest BCUT2D eigenvalue weighted by atomic mass is 9.84. The van der Waals surface area contributed by atoms with Crippen LogP contribution in [0.5, 0.6) is 0 Å². The fourth-order valence-corrected chi connectivity index (χ4v) is 1.85. The van der Waals surface area contributed by atoms with Gasteiger partial charge in [0, 0.05) is 6.08 Å². The number of carboxylic acid groups (broad SMARTS) is 1. The molecule has 0 amide bonds. The van der Waals surface area contributed by atoms with E-state index < -0.39 is 11.9 Å². The summed E-state index contributed by atoms with van der Waals surface area (Å²) in [6, 6.07) is 5.49. The number of hydrogen-bond acceptors (Lipinski definition) is 3. The van der Waals surface area contributed by atoms with Crippen molar-refractivity contribution < 1.29 is 19.4 Å². The monoisotopic (exact) mass is 288 g/mol. The van der Waals surface area contributed by atoms with Crippen molar-refractivity contribution in [2.45, 2.75) is 32.6 Å². The van der Waals surface area contributed by atoms with Gasteiger partial charge in [-0.25, -0.2) is 9.59 Å². The van der Waals surface area contributed by atoms with Crippen LogP contribution in [0.3, 0.4) is 0 Å². The molecule has 1 rings (SSSR count). The number of carbonyl (C=O) groups excluding carboxylic acids is 1. The standard InChI is InChI=1S/C17H20O4/c1-5-21-16(20)14-10-9-13(17(2,3)4)11-12(14)7-6-8-15(18)19/h5-6,8-11H,1,7H2,2-4H3,(H,18,19)/b8-6+. The summed E-state index contributed by atoms with van der Waals surface area (Å²) in [7, 11) is 0. The molecule has 112 valence electrons. The van der Waals surface area contributed by atoms with E-state index in [4.69, 9.17) is 9.84 Å². The summed E-state index contributed by atoms with van der Waals surface area (Å²) in [6.45, 7) is 9.57. The predicted octanol–water partition coefficient (Wildman–Crippen LogP) is 3.47. The van der Waals surface area contributed by atoms with Gasteiger partial charge in [0.25, 0.3) is 0 Å². The fraction of sp³-hybridized carbons (Fsp3) is 0.294. The van der Waals surface area contributed by atoms with Crippen molar-refractivity contribution in [2.75, 3.05) is 0 Å². The van der Waals surface area contributed by atoms with Gasteiger partial charge in [-0.2, -0.15) is 0 Å². The molecule has 1 aromatic rings. The predicted molar refractivity (Wildman–Crippen MR) is 81.2 cm³/mol. The molecule has 4 heteroatoms. The Morgan fingerprint density at radius 3 is 2.52 bits per heavy atom. The van der Waals surface area contributed by atoms with Gasteiger partial charge >= 0.3 is 11.9 Å². The maximum absolute atomic E-state index is 11.9. The zero-order valence-corrected chi connectivity index (χ0v) is 12.6. The second-order valence-corrected chi connectivity index (χ2v) is 5.64. The van der Waals surface area contributed by atoms with Crippen molar-refractivity contribution in [3.63, 3.8) is 0 Å². The van der Waals surface area contributed by atoms with Crippen LogP contribution in [-0.4, -0.2) is 17.0 Å². The van der Waals surface area contributed by atoms with Crippen molar-refractivity contribution in [3.8, 4) is 0 Å². The van der Waals surface area contributed by atoms with Crippen molar-refractivity contribution >= 4 is 11.9 Å². The highest BCUT2D eigenvalue weighted by Crippen LogP contribution is 2.25. The second-order valence-electron chi connectivity index (χ2n) is 5.64. The van der Waals surface area contributed by atoms with Crippen LogP contribution >= 0.6 is 0 Å². The van der Waals surface area contributed by atoms with E-state index in [9.17, 15) is 9.59 Å². The number of rotatable bonds is 5. The highest BCUT2D eigenvalue weighted by Gasteiger charge is 2.18. The topological polar surface area (TPSA) is 63.6 Å². The molecule has 0 aromatic heterocycles. The number of aliphatic carboxylic acids is 1. The Morgan fingerprint density at radius 2 is 2.00 bits per heavy atom. The van der Waals surface area contributed by atoms with Gasteiger partial charge in [0.1, 0.15) is 0 Å². The minimum atomic E-state index is -1.02. The Balaban J connectivity index is 3.21. The molecule has 0 saturated heterocycles. The molecule has 0 aliphatic carbocycles. The third kappa shape index (κ3) is 4.91. The maximum atomic E-state index is 11.9. The van der Waals surface area contributed by atoms with E-state index in [1.807, 2.05) is 12.1 Å². The van der Waals surface area contributed by atoms with Gasteiger partial charge in [-0.3, -0.25) is 0 Å². The summed E-state index contributed by atoms with van der Waals surface area (Å²) in [5, 5.41) is 8.65. The van der Waals surface area contributed by atoms with Crippen LogP contribution in [0.15, 0.2) is 43.2 Å². The zero-order chi connectivity index (χ0) is 16.0.